The van der Waals surface area contributed by atoms with Gasteiger partial charge in [-0.15, -0.1) is 0 Å². The summed E-state index contributed by atoms with van der Waals surface area (Å²) in [6.07, 6.45) is 4.86. The van der Waals surface area contributed by atoms with Gasteiger partial charge in [-0.05, 0) is 24.0 Å². The molecular weight excluding hydrogens is 340 g/mol. The van der Waals surface area contributed by atoms with Gasteiger partial charge in [0.2, 0.25) is 5.91 Å². The zero-order valence-electron chi connectivity index (χ0n) is 15.4. The molecule has 0 saturated heterocycles. The van der Waals surface area contributed by atoms with E-state index < -0.39 is 12.1 Å². The van der Waals surface area contributed by atoms with E-state index in [0.29, 0.717) is 0 Å². The van der Waals surface area contributed by atoms with Gasteiger partial charge in [-0.3, -0.25) is 4.79 Å². The van der Waals surface area contributed by atoms with Gasteiger partial charge in [0.1, 0.15) is 12.6 Å². The van der Waals surface area contributed by atoms with Crippen LogP contribution in [0.5, 0.6) is 0 Å². The van der Waals surface area contributed by atoms with E-state index in [1.165, 1.54) is 6.42 Å². The molecule has 0 bridgehead atoms. The van der Waals surface area contributed by atoms with Crippen LogP contribution in [0.1, 0.15) is 49.3 Å². The summed E-state index contributed by atoms with van der Waals surface area (Å²) in [5.74, 6) is -0.190. The van der Waals surface area contributed by atoms with Crippen molar-refractivity contribution in [3.8, 4) is 0 Å². The number of carbonyl (C=O) groups excluding carboxylic acids is 2. The molecule has 0 spiro atoms. The van der Waals surface area contributed by atoms with E-state index in [-0.39, 0.29) is 18.6 Å². The summed E-state index contributed by atoms with van der Waals surface area (Å²) in [5.41, 5.74) is 1.64. The predicted molar refractivity (Wildman–Crippen MR) is 104 cm³/mol. The Labute approximate surface area is 160 Å². The van der Waals surface area contributed by atoms with Crippen LogP contribution in [-0.2, 0) is 16.1 Å². The van der Waals surface area contributed by atoms with Crippen molar-refractivity contribution in [3.05, 3.63) is 71.8 Å². The van der Waals surface area contributed by atoms with Gasteiger partial charge in [-0.1, -0.05) is 79.9 Å². The van der Waals surface area contributed by atoms with Gasteiger partial charge >= 0.3 is 6.09 Å². The summed E-state index contributed by atoms with van der Waals surface area (Å²) >= 11 is 0. The first-order valence-corrected chi connectivity index (χ1v) is 9.55. The fourth-order valence-electron chi connectivity index (χ4n) is 3.36. The largest absolute Gasteiger partial charge is 0.445 e. The van der Waals surface area contributed by atoms with Crippen molar-refractivity contribution in [3.63, 3.8) is 0 Å². The number of alkyl carbamates (subject to hydrolysis) is 1. The van der Waals surface area contributed by atoms with Crippen molar-refractivity contribution in [1.82, 2.24) is 10.6 Å². The molecule has 27 heavy (non-hydrogen) atoms. The molecule has 2 N–H and O–H groups in total. The van der Waals surface area contributed by atoms with Crippen LogP contribution in [-0.4, -0.2) is 18.0 Å². The quantitative estimate of drug-likeness (QED) is 0.809. The van der Waals surface area contributed by atoms with E-state index in [9.17, 15) is 9.59 Å². The summed E-state index contributed by atoms with van der Waals surface area (Å²) in [5, 5.41) is 5.81. The van der Waals surface area contributed by atoms with Gasteiger partial charge in [0.15, 0.2) is 0 Å². The summed E-state index contributed by atoms with van der Waals surface area (Å²) in [7, 11) is 0. The Hall–Kier alpha value is -2.82. The Morgan fingerprint density at radius 3 is 2.22 bits per heavy atom. The van der Waals surface area contributed by atoms with Crippen molar-refractivity contribution < 1.29 is 14.3 Å². The second-order valence-electron chi connectivity index (χ2n) is 6.89. The molecule has 2 aromatic carbocycles. The lowest BCUT2D eigenvalue weighted by Gasteiger charge is -2.26. The lowest BCUT2D eigenvalue weighted by Crippen LogP contribution is -2.45. The number of nitrogens with one attached hydrogen (secondary N) is 2. The van der Waals surface area contributed by atoms with Gasteiger partial charge in [0.05, 0.1) is 0 Å². The lowest BCUT2D eigenvalue weighted by atomic mass is 9.95. The minimum absolute atomic E-state index is 0.165. The lowest BCUT2D eigenvalue weighted by molar-refractivity contribution is -0.124. The van der Waals surface area contributed by atoms with Crippen LogP contribution in [0.25, 0.3) is 0 Å². The summed E-state index contributed by atoms with van der Waals surface area (Å²) in [4.78, 5) is 25.1. The van der Waals surface area contributed by atoms with Crippen molar-refractivity contribution in [2.24, 2.45) is 0 Å². The highest BCUT2D eigenvalue weighted by Gasteiger charge is 2.26. The number of amides is 2. The first kappa shape index (κ1) is 19.0. The van der Waals surface area contributed by atoms with Gasteiger partial charge in [0.25, 0.3) is 0 Å². The standard InChI is InChI=1S/C22H26N2O3/c25-21(23-19-14-8-3-9-15-19)20(18-12-6-2-7-13-18)24-22(26)27-16-17-10-4-1-5-11-17/h1-2,4-7,10-13,19-20H,3,8-9,14-16H2,(H,23,25)(H,24,26)/t20-/m1/s1. The van der Waals surface area contributed by atoms with Crippen LogP contribution in [0, 0.1) is 0 Å². The fraction of sp³-hybridized carbons (Fsp3) is 0.364. The zero-order valence-corrected chi connectivity index (χ0v) is 15.4. The Morgan fingerprint density at radius 2 is 1.56 bits per heavy atom. The van der Waals surface area contributed by atoms with Gasteiger partial charge in [-0.2, -0.15) is 0 Å². The monoisotopic (exact) mass is 366 g/mol. The maximum atomic E-state index is 12.8. The normalized spacial score (nSPS) is 15.6. The highest BCUT2D eigenvalue weighted by molar-refractivity contribution is 5.87. The van der Waals surface area contributed by atoms with E-state index in [1.54, 1.807) is 0 Å². The van der Waals surface area contributed by atoms with E-state index >= 15 is 0 Å². The number of ether oxygens (including phenoxy) is 1. The van der Waals surface area contributed by atoms with Crippen LogP contribution in [0.15, 0.2) is 60.7 Å². The molecule has 2 amide bonds. The second kappa shape index (κ2) is 9.76. The molecule has 1 aliphatic rings. The Balaban J connectivity index is 1.62. The molecule has 0 heterocycles. The molecule has 1 atom stereocenters. The molecule has 2 aromatic rings. The minimum atomic E-state index is -0.767. The molecule has 0 unspecified atom stereocenters. The number of hydrogen-bond acceptors (Lipinski definition) is 3. The van der Waals surface area contributed by atoms with Crippen LogP contribution >= 0.6 is 0 Å². The fourth-order valence-corrected chi connectivity index (χ4v) is 3.36. The third-order valence-corrected chi connectivity index (χ3v) is 4.82. The van der Waals surface area contributed by atoms with Crippen LogP contribution < -0.4 is 10.6 Å². The third kappa shape index (κ3) is 5.84. The van der Waals surface area contributed by atoms with E-state index in [1.807, 2.05) is 60.7 Å². The van der Waals surface area contributed by atoms with Crippen LogP contribution in [0.2, 0.25) is 0 Å². The van der Waals surface area contributed by atoms with Crippen molar-refractivity contribution in [1.29, 1.82) is 0 Å². The molecule has 3 rings (SSSR count). The highest BCUT2D eigenvalue weighted by atomic mass is 16.5. The van der Waals surface area contributed by atoms with Gasteiger partial charge in [0, 0.05) is 6.04 Å². The Morgan fingerprint density at radius 1 is 0.926 bits per heavy atom. The third-order valence-electron chi connectivity index (χ3n) is 4.82. The Bertz CT molecular complexity index is 728. The molecule has 1 aliphatic carbocycles. The summed E-state index contributed by atoms with van der Waals surface area (Å²) < 4.78 is 5.29. The van der Waals surface area contributed by atoms with Crippen LogP contribution in [0.4, 0.5) is 4.79 Å². The summed E-state index contributed by atoms with van der Waals surface area (Å²) in [6.45, 7) is 0.165. The number of benzene rings is 2. The average molecular weight is 366 g/mol. The second-order valence-corrected chi connectivity index (χ2v) is 6.89. The first-order chi connectivity index (χ1) is 13.2. The zero-order chi connectivity index (χ0) is 18.9. The number of rotatable bonds is 6. The molecule has 0 radical (unpaired) electrons. The predicted octanol–water partition coefficient (Wildman–Crippen LogP) is 4.10. The van der Waals surface area contributed by atoms with E-state index in [2.05, 4.69) is 10.6 Å². The maximum Gasteiger partial charge on any atom is 0.408 e. The SMILES string of the molecule is O=C(N[C@@H](C(=O)NC1CCCCC1)c1ccccc1)OCc1ccccc1. The highest BCUT2D eigenvalue weighted by Crippen LogP contribution is 2.19. The van der Waals surface area contributed by atoms with Crippen LogP contribution in [0.3, 0.4) is 0 Å². The minimum Gasteiger partial charge on any atom is -0.445 e. The molecule has 1 saturated carbocycles. The van der Waals surface area contributed by atoms with E-state index in [0.717, 1.165) is 36.8 Å². The molecule has 1 fully saturated rings. The molecule has 0 aromatic heterocycles. The van der Waals surface area contributed by atoms with E-state index in [4.69, 9.17) is 4.74 Å². The van der Waals surface area contributed by atoms with Gasteiger partial charge < -0.3 is 15.4 Å². The average Bonchev–Trinajstić information content (AvgIpc) is 2.72. The maximum absolute atomic E-state index is 12.8. The molecular formula is C22H26N2O3. The van der Waals surface area contributed by atoms with Gasteiger partial charge in [-0.25, -0.2) is 4.79 Å². The summed E-state index contributed by atoms with van der Waals surface area (Å²) in [6, 6.07) is 18.1. The molecule has 0 aliphatic heterocycles. The smallest absolute Gasteiger partial charge is 0.408 e. The van der Waals surface area contributed by atoms with Crippen molar-refractivity contribution in [2.75, 3.05) is 0 Å². The first-order valence-electron chi connectivity index (χ1n) is 9.55. The topological polar surface area (TPSA) is 67.4 Å². The van der Waals surface area contributed by atoms with Crippen molar-refractivity contribution in [2.45, 2.75) is 50.8 Å². The molecule has 142 valence electrons. The van der Waals surface area contributed by atoms with Crippen molar-refractivity contribution >= 4 is 12.0 Å². The molecule has 5 nitrogen and oxygen atoms in total. The Kier molecular flexibility index (Phi) is 6.85. The molecule has 5 heteroatoms. The number of hydrogen-bond donors (Lipinski definition) is 2. The number of carbonyl (C=O) groups is 2.